The molecule has 0 radical (unpaired) electrons. The molecule has 0 aliphatic heterocycles. The molecule has 3 heteroatoms. The Labute approximate surface area is 107 Å². The average Bonchev–Trinajstić information content (AvgIpc) is 2.37. The highest BCUT2D eigenvalue weighted by Gasteiger charge is 2.05. The Kier molecular flexibility index (Phi) is 3.85. The van der Waals surface area contributed by atoms with Crippen molar-refractivity contribution in [2.24, 2.45) is 0 Å². The van der Waals surface area contributed by atoms with Crippen molar-refractivity contribution in [3.63, 3.8) is 0 Å². The first-order valence-electron chi connectivity index (χ1n) is 5.93. The van der Waals surface area contributed by atoms with E-state index >= 15 is 0 Å². The van der Waals surface area contributed by atoms with Crippen LogP contribution in [0, 0.1) is 6.92 Å². The maximum Gasteiger partial charge on any atom is 0.161 e. The molecule has 94 valence electrons. The number of aromatic hydroxyl groups is 2. The summed E-state index contributed by atoms with van der Waals surface area (Å²) in [6.07, 6.45) is 0. The molecule has 2 aromatic carbocycles. The summed E-state index contributed by atoms with van der Waals surface area (Å²) in [5.74, 6) is -0.125. The van der Waals surface area contributed by atoms with Crippen molar-refractivity contribution >= 4 is 0 Å². The van der Waals surface area contributed by atoms with Gasteiger partial charge in [-0.2, -0.15) is 0 Å². The summed E-state index contributed by atoms with van der Waals surface area (Å²) in [5.41, 5.74) is 3.17. The molecule has 0 heterocycles. The molecule has 0 bridgehead atoms. The first kappa shape index (κ1) is 12.5. The average molecular weight is 243 g/mol. The second kappa shape index (κ2) is 5.56. The van der Waals surface area contributed by atoms with Crippen LogP contribution in [0.3, 0.4) is 0 Å². The van der Waals surface area contributed by atoms with Crippen molar-refractivity contribution in [2.75, 3.05) is 0 Å². The summed E-state index contributed by atoms with van der Waals surface area (Å²) in [6.45, 7) is 3.33. The number of aryl methyl sites for hydroxylation is 1. The largest absolute Gasteiger partial charge is 0.504 e. The lowest BCUT2D eigenvalue weighted by Gasteiger charge is -2.09. The van der Waals surface area contributed by atoms with Crippen molar-refractivity contribution in [3.05, 3.63) is 59.2 Å². The molecular formula is C15H17NO2. The number of hydrogen-bond acceptors (Lipinski definition) is 3. The Bertz CT molecular complexity index is 538. The van der Waals surface area contributed by atoms with Gasteiger partial charge in [-0.25, -0.2) is 0 Å². The predicted octanol–water partition coefficient (Wildman–Crippen LogP) is 2.70. The summed E-state index contributed by atoms with van der Waals surface area (Å²) in [5, 5.41) is 22.3. The maximum atomic E-state index is 9.66. The van der Waals surface area contributed by atoms with Crippen LogP contribution in [0.4, 0.5) is 0 Å². The van der Waals surface area contributed by atoms with Gasteiger partial charge in [0, 0.05) is 18.7 Å². The lowest BCUT2D eigenvalue weighted by Crippen LogP contribution is -2.13. The molecule has 2 rings (SSSR count). The third-order valence-corrected chi connectivity index (χ3v) is 2.99. The maximum absolute atomic E-state index is 9.66. The minimum absolute atomic E-state index is 0.0465. The van der Waals surface area contributed by atoms with Gasteiger partial charge in [0.2, 0.25) is 0 Å². The minimum atomic E-state index is -0.0785. The summed E-state index contributed by atoms with van der Waals surface area (Å²) in [7, 11) is 0. The number of nitrogens with one attached hydrogen (secondary N) is 1. The number of rotatable bonds is 4. The van der Waals surface area contributed by atoms with E-state index in [1.165, 1.54) is 17.2 Å². The third-order valence-electron chi connectivity index (χ3n) is 2.99. The Morgan fingerprint density at radius 2 is 1.56 bits per heavy atom. The number of para-hydroxylation sites is 1. The molecule has 3 N–H and O–H groups in total. The molecule has 3 nitrogen and oxygen atoms in total. The lowest BCUT2D eigenvalue weighted by molar-refractivity contribution is 0.397. The van der Waals surface area contributed by atoms with Crippen LogP contribution < -0.4 is 5.32 Å². The molecule has 0 saturated carbocycles. The summed E-state index contributed by atoms with van der Waals surface area (Å²) in [4.78, 5) is 0. The van der Waals surface area contributed by atoms with Gasteiger partial charge >= 0.3 is 0 Å². The minimum Gasteiger partial charge on any atom is -0.504 e. The van der Waals surface area contributed by atoms with E-state index in [-0.39, 0.29) is 11.5 Å². The number of hydrogen-bond donors (Lipinski definition) is 3. The fourth-order valence-corrected chi connectivity index (χ4v) is 1.86. The normalized spacial score (nSPS) is 10.5. The molecule has 0 spiro atoms. The topological polar surface area (TPSA) is 52.5 Å². The quantitative estimate of drug-likeness (QED) is 0.724. The number of phenolic OH excluding ortho intramolecular Hbond substituents is 2. The summed E-state index contributed by atoms with van der Waals surface area (Å²) < 4.78 is 0. The highest BCUT2D eigenvalue weighted by Crippen LogP contribution is 2.27. The van der Waals surface area contributed by atoms with Crippen molar-refractivity contribution in [1.29, 1.82) is 0 Å². The van der Waals surface area contributed by atoms with Crippen LogP contribution in [-0.4, -0.2) is 10.2 Å². The van der Waals surface area contributed by atoms with E-state index in [9.17, 15) is 10.2 Å². The third kappa shape index (κ3) is 2.81. The fraction of sp³-hybridized carbons (Fsp3) is 0.200. The molecule has 2 aromatic rings. The van der Waals surface area contributed by atoms with Crippen LogP contribution in [-0.2, 0) is 13.1 Å². The molecular weight excluding hydrogens is 226 g/mol. The van der Waals surface area contributed by atoms with Crippen LogP contribution in [0.5, 0.6) is 11.5 Å². The fourth-order valence-electron chi connectivity index (χ4n) is 1.86. The zero-order valence-electron chi connectivity index (χ0n) is 10.4. The van der Waals surface area contributed by atoms with Crippen LogP contribution in [0.2, 0.25) is 0 Å². The van der Waals surface area contributed by atoms with Gasteiger partial charge in [-0.3, -0.25) is 0 Å². The molecule has 0 aliphatic carbocycles. The standard InChI is InChI=1S/C15H17NO2/c1-11-5-2-3-6-12(11)9-16-10-13-7-4-8-14(17)15(13)18/h2-8,16-18H,9-10H2,1H3. The predicted molar refractivity (Wildman–Crippen MR) is 71.5 cm³/mol. The molecule has 0 fully saturated rings. The van der Waals surface area contributed by atoms with Gasteiger partial charge in [0.1, 0.15) is 0 Å². The van der Waals surface area contributed by atoms with Crippen molar-refractivity contribution in [3.8, 4) is 11.5 Å². The second-order valence-corrected chi connectivity index (χ2v) is 4.31. The van der Waals surface area contributed by atoms with E-state index in [1.807, 2.05) is 12.1 Å². The molecule has 0 atom stereocenters. The van der Waals surface area contributed by atoms with Crippen LogP contribution in [0.1, 0.15) is 16.7 Å². The van der Waals surface area contributed by atoms with Gasteiger partial charge < -0.3 is 15.5 Å². The SMILES string of the molecule is Cc1ccccc1CNCc1cccc(O)c1O. The molecule has 18 heavy (non-hydrogen) atoms. The second-order valence-electron chi connectivity index (χ2n) is 4.31. The Morgan fingerprint density at radius 1 is 0.889 bits per heavy atom. The van der Waals surface area contributed by atoms with E-state index in [1.54, 1.807) is 12.1 Å². The monoisotopic (exact) mass is 243 g/mol. The van der Waals surface area contributed by atoms with Crippen molar-refractivity contribution in [1.82, 2.24) is 5.32 Å². The number of phenols is 2. The van der Waals surface area contributed by atoms with E-state index in [0.717, 1.165) is 6.54 Å². The van der Waals surface area contributed by atoms with Crippen LogP contribution in [0.25, 0.3) is 0 Å². The molecule has 0 unspecified atom stereocenters. The zero-order chi connectivity index (χ0) is 13.0. The first-order chi connectivity index (χ1) is 8.68. The molecule has 0 saturated heterocycles. The van der Waals surface area contributed by atoms with Crippen LogP contribution >= 0.6 is 0 Å². The van der Waals surface area contributed by atoms with Gasteiger partial charge in [-0.15, -0.1) is 0 Å². The Balaban J connectivity index is 1.97. The van der Waals surface area contributed by atoms with E-state index < -0.39 is 0 Å². The first-order valence-corrected chi connectivity index (χ1v) is 5.93. The van der Waals surface area contributed by atoms with E-state index in [0.29, 0.717) is 12.1 Å². The zero-order valence-corrected chi connectivity index (χ0v) is 10.4. The van der Waals surface area contributed by atoms with Gasteiger partial charge in [-0.1, -0.05) is 36.4 Å². The van der Waals surface area contributed by atoms with Crippen LogP contribution in [0.15, 0.2) is 42.5 Å². The highest BCUT2D eigenvalue weighted by molar-refractivity contribution is 5.44. The molecule has 0 aliphatic rings. The van der Waals surface area contributed by atoms with Crippen molar-refractivity contribution in [2.45, 2.75) is 20.0 Å². The summed E-state index contributed by atoms with van der Waals surface area (Å²) >= 11 is 0. The van der Waals surface area contributed by atoms with E-state index in [4.69, 9.17) is 0 Å². The summed E-state index contributed by atoms with van der Waals surface area (Å²) in [6, 6.07) is 13.2. The van der Waals surface area contributed by atoms with Gasteiger partial charge in [0.15, 0.2) is 11.5 Å². The van der Waals surface area contributed by atoms with E-state index in [2.05, 4.69) is 24.4 Å². The van der Waals surface area contributed by atoms with Gasteiger partial charge in [-0.05, 0) is 24.1 Å². The molecule has 0 amide bonds. The van der Waals surface area contributed by atoms with Gasteiger partial charge in [0.05, 0.1) is 0 Å². The Hall–Kier alpha value is -2.00. The Morgan fingerprint density at radius 3 is 2.33 bits per heavy atom. The number of benzene rings is 2. The highest BCUT2D eigenvalue weighted by atomic mass is 16.3. The van der Waals surface area contributed by atoms with Crippen molar-refractivity contribution < 1.29 is 10.2 Å². The van der Waals surface area contributed by atoms with Gasteiger partial charge in [0.25, 0.3) is 0 Å². The lowest BCUT2D eigenvalue weighted by atomic mass is 10.1. The molecule has 0 aromatic heterocycles. The smallest absolute Gasteiger partial charge is 0.161 e.